The average Bonchev–Trinajstić information content (AvgIpc) is 2.11. The van der Waals surface area contributed by atoms with Crippen molar-refractivity contribution >= 4 is 0 Å². The Morgan fingerprint density at radius 2 is 1.67 bits per heavy atom. The van der Waals surface area contributed by atoms with Crippen molar-refractivity contribution in [1.82, 2.24) is 10.2 Å². The van der Waals surface area contributed by atoms with Gasteiger partial charge in [0.25, 0.3) is 0 Å². The lowest BCUT2D eigenvalue weighted by molar-refractivity contribution is 0.174. The molecule has 0 saturated heterocycles. The smallest absolute Gasteiger partial charge is 0.0638 e. The third-order valence-corrected chi connectivity index (χ3v) is 2.59. The molecular formula is C12H25N3. The van der Waals surface area contributed by atoms with E-state index in [-0.39, 0.29) is 0 Å². The minimum absolute atomic E-state index is 0.302. The Morgan fingerprint density at radius 1 is 1.13 bits per heavy atom. The van der Waals surface area contributed by atoms with Crippen LogP contribution in [0.3, 0.4) is 0 Å². The number of nitrogens with zero attached hydrogens (tertiary/aromatic N) is 2. The Morgan fingerprint density at radius 3 is 2.07 bits per heavy atom. The largest absolute Gasteiger partial charge is 0.312 e. The highest BCUT2D eigenvalue weighted by Gasteiger charge is 2.12. The lowest BCUT2D eigenvalue weighted by atomic mass is 10.2. The first kappa shape index (κ1) is 14.4. The molecule has 0 aliphatic rings. The van der Waals surface area contributed by atoms with E-state index in [9.17, 15) is 0 Å². The molecule has 0 amide bonds. The Balaban J connectivity index is 3.77. The summed E-state index contributed by atoms with van der Waals surface area (Å²) in [7, 11) is 0. The van der Waals surface area contributed by atoms with E-state index in [0.29, 0.717) is 24.5 Å². The lowest BCUT2D eigenvalue weighted by Gasteiger charge is -2.30. The maximum Gasteiger partial charge on any atom is 0.0638 e. The first-order chi connectivity index (χ1) is 6.99. The van der Waals surface area contributed by atoms with Crippen LogP contribution in [0.1, 0.15) is 41.0 Å². The quantitative estimate of drug-likeness (QED) is 0.700. The maximum absolute atomic E-state index is 8.52. The number of nitriles is 1. The fraction of sp³-hybridized carbons (Fsp3) is 0.917. The standard InChI is InChI=1S/C12H25N3/c1-10(2)15(11(3)4)9-8-14-12(5)6-7-13/h10-12,14H,6,8-9H2,1-5H3. The Kier molecular flexibility index (Phi) is 7.37. The van der Waals surface area contributed by atoms with Crippen LogP contribution in [0, 0.1) is 11.3 Å². The minimum atomic E-state index is 0.302. The van der Waals surface area contributed by atoms with E-state index < -0.39 is 0 Å². The highest BCUT2D eigenvalue weighted by molar-refractivity contribution is 4.78. The van der Waals surface area contributed by atoms with Crippen LogP contribution in [-0.2, 0) is 0 Å². The second kappa shape index (κ2) is 7.67. The van der Waals surface area contributed by atoms with Crippen molar-refractivity contribution < 1.29 is 0 Å². The molecule has 0 saturated carbocycles. The van der Waals surface area contributed by atoms with Crippen LogP contribution in [0.5, 0.6) is 0 Å². The molecule has 1 unspecified atom stereocenters. The zero-order valence-corrected chi connectivity index (χ0v) is 10.7. The number of hydrogen-bond donors (Lipinski definition) is 1. The molecular weight excluding hydrogens is 186 g/mol. The zero-order valence-electron chi connectivity index (χ0n) is 10.7. The van der Waals surface area contributed by atoms with Crippen molar-refractivity contribution in [2.45, 2.75) is 59.2 Å². The predicted octanol–water partition coefficient (Wildman–Crippen LogP) is 2.00. The van der Waals surface area contributed by atoms with Crippen molar-refractivity contribution in [3.63, 3.8) is 0 Å². The first-order valence-corrected chi connectivity index (χ1v) is 5.85. The topological polar surface area (TPSA) is 39.1 Å². The summed E-state index contributed by atoms with van der Waals surface area (Å²) in [6.07, 6.45) is 0.587. The Labute approximate surface area is 94.5 Å². The van der Waals surface area contributed by atoms with E-state index >= 15 is 0 Å². The molecule has 3 nitrogen and oxygen atoms in total. The van der Waals surface area contributed by atoms with Crippen molar-refractivity contribution in [1.29, 1.82) is 5.26 Å². The minimum Gasteiger partial charge on any atom is -0.312 e. The van der Waals surface area contributed by atoms with Crippen LogP contribution in [0.15, 0.2) is 0 Å². The Bertz CT molecular complexity index is 186. The summed E-state index contributed by atoms with van der Waals surface area (Å²) in [4.78, 5) is 2.45. The molecule has 0 aromatic rings. The van der Waals surface area contributed by atoms with Gasteiger partial charge in [0.05, 0.1) is 12.5 Å². The Hall–Kier alpha value is -0.590. The summed E-state index contributed by atoms with van der Waals surface area (Å²) in [5.74, 6) is 0. The monoisotopic (exact) mass is 211 g/mol. The lowest BCUT2D eigenvalue weighted by Crippen LogP contribution is -2.42. The van der Waals surface area contributed by atoms with Gasteiger partial charge in [-0.25, -0.2) is 0 Å². The number of rotatable bonds is 7. The van der Waals surface area contributed by atoms with Crippen LogP contribution >= 0.6 is 0 Å². The van der Waals surface area contributed by atoms with Crippen molar-refractivity contribution in [3.8, 4) is 6.07 Å². The van der Waals surface area contributed by atoms with E-state index in [2.05, 4.69) is 50.9 Å². The summed E-state index contributed by atoms with van der Waals surface area (Å²) in [6, 6.07) is 3.64. The van der Waals surface area contributed by atoms with Gasteiger partial charge in [0, 0.05) is 31.2 Å². The molecule has 3 heteroatoms. The van der Waals surface area contributed by atoms with Crippen LogP contribution < -0.4 is 5.32 Å². The maximum atomic E-state index is 8.52. The van der Waals surface area contributed by atoms with Crippen molar-refractivity contribution in [2.75, 3.05) is 13.1 Å². The van der Waals surface area contributed by atoms with E-state index in [0.717, 1.165) is 13.1 Å². The first-order valence-electron chi connectivity index (χ1n) is 5.85. The second-order valence-corrected chi connectivity index (χ2v) is 4.64. The van der Waals surface area contributed by atoms with Gasteiger partial charge in [-0.05, 0) is 34.6 Å². The fourth-order valence-corrected chi connectivity index (χ4v) is 1.76. The summed E-state index contributed by atoms with van der Waals surface area (Å²) in [5, 5.41) is 11.9. The normalized spacial score (nSPS) is 13.5. The third-order valence-electron chi connectivity index (χ3n) is 2.59. The van der Waals surface area contributed by atoms with Crippen LogP contribution in [0.4, 0.5) is 0 Å². The molecule has 0 aliphatic carbocycles. The predicted molar refractivity (Wildman–Crippen MR) is 64.7 cm³/mol. The van der Waals surface area contributed by atoms with E-state index in [4.69, 9.17) is 5.26 Å². The molecule has 0 fully saturated rings. The molecule has 1 N–H and O–H groups in total. The van der Waals surface area contributed by atoms with Gasteiger partial charge in [-0.1, -0.05) is 0 Å². The number of nitrogens with one attached hydrogen (secondary N) is 1. The molecule has 88 valence electrons. The molecule has 0 rings (SSSR count). The van der Waals surface area contributed by atoms with Gasteiger partial charge in [-0.3, -0.25) is 4.90 Å². The molecule has 0 aromatic heterocycles. The van der Waals surface area contributed by atoms with Gasteiger partial charge >= 0.3 is 0 Å². The van der Waals surface area contributed by atoms with Gasteiger partial charge in [0.2, 0.25) is 0 Å². The molecule has 1 atom stereocenters. The molecule has 0 aliphatic heterocycles. The SMILES string of the molecule is CC(CC#N)NCCN(C(C)C)C(C)C. The average molecular weight is 211 g/mol. The highest BCUT2D eigenvalue weighted by Crippen LogP contribution is 2.03. The van der Waals surface area contributed by atoms with Crippen LogP contribution in [0.2, 0.25) is 0 Å². The summed E-state index contributed by atoms with van der Waals surface area (Å²) in [6.45, 7) is 12.9. The van der Waals surface area contributed by atoms with Crippen LogP contribution in [-0.4, -0.2) is 36.1 Å². The van der Waals surface area contributed by atoms with Crippen molar-refractivity contribution in [2.24, 2.45) is 0 Å². The van der Waals surface area contributed by atoms with Gasteiger partial charge in [0.15, 0.2) is 0 Å². The van der Waals surface area contributed by atoms with Gasteiger partial charge < -0.3 is 5.32 Å². The van der Waals surface area contributed by atoms with E-state index in [1.165, 1.54) is 0 Å². The van der Waals surface area contributed by atoms with Gasteiger partial charge in [-0.2, -0.15) is 5.26 Å². The fourth-order valence-electron chi connectivity index (χ4n) is 1.76. The molecule has 0 spiro atoms. The number of hydrogen-bond acceptors (Lipinski definition) is 3. The molecule has 0 heterocycles. The highest BCUT2D eigenvalue weighted by atomic mass is 15.2. The molecule has 0 bridgehead atoms. The van der Waals surface area contributed by atoms with E-state index in [1.54, 1.807) is 0 Å². The summed E-state index contributed by atoms with van der Waals surface area (Å²) in [5.41, 5.74) is 0. The summed E-state index contributed by atoms with van der Waals surface area (Å²) >= 11 is 0. The van der Waals surface area contributed by atoms with Gasteiger partial charge in [-0.15, -0.1) is 0 Å². The zero-order chi connectivity index (χ0) is 11.8. The molecule has 0 radical (unpaired) electrons. The van der Waals surface area contributed by atoms with Crippen LogP contribution in [0.25, 0.3) is 0 Å². The second-order valence-electron chi connectivity index (χ2n) is 4.64. The summed E-state index contributed by atoms with van der Waals surface area (Å²) < 4.78 is 0. The molecule has 15 heavy (non-hydrogen) atoms. The van der Waals surface area contributed by atoms with E-state index in [1.807, 2.05) is 0 Å². The molecule has 0 aromatic carbocycles. The third kappa shape index (κ3) is 6.48. The van der Waals surface area contributed by atoms with Gasteiger partial charge in [0.1, 0.15) is 0 Å². The van der Waals surface area contributed by atoms with Crippen molar-refractivity contribution in [3.05, 3.63) is 0 Å².